The van der Waals surface area contributed by atoms with Crippen molar-refractivity contribution in [2.45, 2.75) is 66.7 Å². The summed E-state index contributed by atoms with van der Waals surface area (Å²) in [5.74, 6) is -1.12. The van der Waals surface area contributed by atoms with Crippen molar-refractivity contribution in [1.82, 2.24) is 24.8 Å². The number of imide groups is 1. The maximum atomic E-state index is 14.7. The van der Waals surface area contributed by atoms with E-state index in [2.05, 4.69) is 54.7 Å². The van der Waals surface area contributed by atoms with E-state index in [0.717, 1.165) is 79.8 Å². The Balaban J connectivity index is 1.62. The van der Waals surface area contributed by atoms with Gasteiger partial charge >= 0.3 is 5.97 Å². The Hall–Kier alpha value is -5.57. The summed E-state index contributed by atoms with van der Waals surface area (Å²) in [5, 5.41) is 0. The van der Waals surface area contributed by atoms with Gasteiger partial charge in [-0.15, -0.1) is 0 Å². The number of hydrogen-bond acceptors (Lipinski definition) is 6. The number of amides is 2. The standard InChI is InChI=1S/C41H41N5O4/c1-8-26-21(3)29-17-31-23(5)28(15-16-35(47)50-7)38(44-31)37-39-36(40(48)46(41(37)49)20-25-13-11-10-12-14-25)24(6)32(45-39)19-34-27(9-2)22(4)30(43-34)18-33(26)42-29/h8,10-11,14,17-19,42,45H,1,9,12-13,15-16,20H2,2-7H3. The number of fused-ring (bicyclic) bond motifs is 8. The number of H-pyrrole nitrogens is 2. The molecule has 0 saturated heterocycles. The molecule has 0 unspecified atom stereocenters. The van der Waals surface area contributed by atoms with Crippen LogP contribution < -0.4 is 0 Å². The van der Waals surface area contributed by atoms with Crippen molar-refractivity contribution in [3.8, 4) is 0 Å². The lowest BCUT2D eigenvalue weighted by Gasteiger charge is -2.27. The summed E-state index contributed by atoms with van der Waals surface area (Å²) >= 11 is 0. The second-order valence-electron chi connectivity index (χ2n) is 13.3. The summed E-state index contributed by atoms with van der Waals surface area (Å²) in [6.07, 6.45) is 10.7. The second kappa shape index (κ2) is 12.7. The van der Waals surface area contributed by atoms with E-state index in [4.69, 9.17) is 14.7 Å². The molecule has 4 aliphatic rings. The molecule has 1 aliphatic carbocycles. The zero-order valence-corrected chi connectivity index (χ0v) is 29.5. The number of allylic oxidation sites excluding steroid dienone is 7. The molecule has 2 amide bonds. The van der Waals surface area contributed by atoms with Gasteiger partial charge in [0.25, 0.3) is 11.8 Å². The van der Waals surface area contributed by atoms with E-state index >= 15 is 0 Å². The first-order chi connectivity index (χ1) is 24.1. The lowest BCUT2D eigenvalue weighted by Crippen LogP contribution is -2.42. The third kappa shape index (κ3) is 5.28. The third-order valence-corrected chi connectivity index (χ3v) is 10.5. The van der Waals surface area contributed by atoms with Crippen LogP contribution in [0.1, 0.15) is 113 Å². The molecule has 0 radical (unpaired) electrons. The maximum Gasteiger partial charge on any atom is 0.305 e. The summed E-state index contributed by atoms with van der Waals surface area (Å²) in [7, 11) is 1.37. The number of aromatic amines is 2. The van der Waals surface area contributed by atoms with Gasteiger partial charge in [-0.05, 0) is 105 Å². The Morgan fingerprint density at radius 1 is 0.900 bits per heavy atom. The van der Waals surface area contributed by atoms with Gasteiger partial charge in [0.15, 0.2) is 0 Å². The van der Waals surface area contributed by atoms with Gasteiger partial charge in [0.2, 0.25) is 0 Å². The number of esters is 1. The van der Waals surface area contributed by atoms with E-state index in [-0.39, 0.29) is 24.8 Å². The Morgan fingerprint density at radius 2 is 1.58 bits per heavy atom. The first kappa shape index (κ1) is 33.0. The number of carbonyl (C=O) groups is 3. The number of aromatic nitrogens is 4. The predicted molar refractivity (Wildman–Crippen MR) is 199 cm³/mol. The van der Waals surface area contributed by atoms with Crippen molar-refractivity contribution in [2.24, 2.45) is 0 Å². The number of nitrogens with zero attached hydrogens (tertiary/aromatic N) is 3. The molecule has 3 aliphatic heterocycles. The molecule has 254 valence electrons. The van der Waals surface area contributed by atoms with Gasteiger partial charge in [-0.3, -0.25) is 19.3 Å². The second-order valence-corrected chi connectivity index (χ2v) is 13.3. The van der Waals surface area contributed by atoms with Gasteiger partial charge in [0.1, 0.15) is 0 Å². The normalized spacial score (nSPS) is 15.6. The zero-order chi connectivity index (χ0) is 35.4. The lowest BCUT2D eigenvalue weighted by atomic mass is 9.94. The van der Waals surface area contributed by atoms with Gasteiger partial charge in [-0.1, -0.05) is 43.4 Å². The zero-order valence-electron chi connectivity index (χ0n) is 29.5. The molecule has 9 nitrogen and oxygen atoms in total. The average molecular weight is 668 g/mol. The van der Waals surface area contributed by atoms with Crippen LogP contribution in [0, 0.1) is 13.8 Å². The topological polar surface area (TPSA) is 121 Å². The van der Waals surface area contributed by atoms with E-state index in [1.807, 2.05) is 39.0 Å². The van der Waals surface area contributed by atoms with Crippen LogP contribution in [-0.4, -0.2) is 56.3 Å². The van der Waals surface area contributed by atoms with Gasteiger partial charge < -0.3 is 14.7 Å². The summed E-state index contributed by atoms with van der Waals surface area (Å²) in [6.45, 7) is 14.4. The Labute approximate surface area is 291 Å². The number of rotatable bonds is 7. The van der Waals surface area contributed by atoms with Crippen molar-refractivity contribution in [3.63, 3.8) is 0 Å². The molecule has 0 fully saturated rings. The molecule has 3 aromatic rings. The number of methoxy groups -OCH3 is 1. The molecule has 0 aromatic carbocycles. The lowest BCUT2D eigenvalue weighted by molar-refractivity contribution is -0.140. The molecule has 50 heavy (non-hydrogen) atoms. The Bertz CT molecular complexity index is 2340. The minimum atomic E-state index is -0.420. The highest BCUT2D eigenvalue weighted by Gasteiger charge is 2.38. The smallest absolute Gasteiger partial charge is 0.305 e. The maximum absolute atomic E-state index is 14.7. The van der Waals surface area contributed by atoms with Crippen molar-refractivity contribution in [2.75, 3.05) is 13.7 Å². The van der Waals surface area contributed by atoms with Gasteiger partial charge in [0.05, 0.1) is 53.1 Å². The number of ether oxygens (including phenoxy) is 1. The number of hydrogen-bond donors (Lipinski definition) is 2. The van der Waals surface area contributed by atoms with Crippen LogP contribution in [-0.2, 0) is 9.53 Å². The number of carbonyl (C=O) groups excluding carboxylic acids is 3. The van der Waals surface area contributed by atoms with Gasteiger partial charge in [0, 0.05) is 28.5 Å². The first-order valence-corrected chi connectivity index (χ1v) is 17.1. The summed E-state index contributed by atoms with van der Waals surface area (Å²) in [5.41, 5.74) is 13.9. The highest BCUT2D eigenvalue weighted by molar-refractivity contribution is 6.24. The van der Waals surface area contributed by atoms with E-state index in [9.17, 15) is 14.4 Å². The van der Waals surface area contributed by atoms with Crippen LogP contribution in [0.3, 0.4) is 0 Å². The molecular weight excluding hydrogens is 626 g/mol. The minimum absolute atomic E-state index is 0.111. The number of nitrogens with one attached hydrogen (secondary N) is 2. The molecular formula is C41H41N5O4. The fourth-order valence-electron chi connectivity index (χ4n) is 7.53. The molecule has 3 aromatic heterocycles. The van der Waals surface area contributed by atoms with Crippen LogP contribution in [0.2, 0.25) is 0 Å². The molecule has 9 heteroatoms. The molecule has 0 saturated carbocycles. The first-order valence-electron chi connectivity index (χ1n) is 17.1. The van der Waals surface area contributed by atoms with E-state index < -0.39 is 5.91 Å². The van der Waals surface area contributed by atoms with Crippen LogP contribution >= 0.6 is 0 Å². The average Bonchev–Trinajstić information content (AvgIpc) is 3.79. The predicted octanol–water partition coefficient (Wildman–Crippen LogP) is 8.67. The van der Waals surface area contributed by atoms with Crippen LogP contribution in [0.4, 0.5) is 0 Å². The van der Waals surface area contributed by atoms with Crippen molar-refractivity contribution in [1.29, 1.82) is 0 Å². The minimum Gasteiger partial charge on any atom is -0.469 e. The largest absolute Gasteiger partial charge is 0.469 e. The Morgan fingerprint density at radius 3 is 2.28 bits per heavy atom. The highest BCUT2D eigenvalue weighted by atomic mass is 16.5. The van der Waals surface area contributed by atoms with Crippen molar-refractivity contribution in [3.05, 3.63) is 99.2 Å². The van der Waals surface area contributed by atoms with Gasteiger partial charge in [-0.25, -0.2) is 9.97 Å². The van der Waals surface area contributed by atoms with E-state index in [1.165, 1.54) is 12.0 Å². The van der Waals surface area contributed by atoms with Crippen molar-refractivity contribution >= 4 is 68.2 Å². The highest BCUT2D eigenvalue weighted by Crippen LogP contribution is 2.41. The SMILES string of the molecule is C=Cc1c(C)c2cc3nc(c4c5[nH]c(cc6nc(cc1[nH]2)C(C)=C6CC)c(C)c5C(=O)N(CC1=CCC=CC1)C4=O)C(CCC(=O)OC)=C3C. The molecule has 2 N–H and O–H groups in total. The molecule has 6 heterocycles. The summed E-state index contributed by atoms with van der Waals surface area (Å²) in [4.78, 5) is 60.2. The number of aryl methyl sites for hydroxylation is 2. The fourth-order valence-corrected chi connectivity index (χ4v) is 7.53. The molecule has 0 atom stereocenters. The Kier molecular flexibility index (Phi) is 8.38. The van der Waals surface area contributed by atoms with Crippen LogP contribution in [0.15, 0.2) is 48.6 Å². The van der Waals surface area contributed by atoms with E-state index in [1.54, 1.807) is 0 Å². The molecule has 0 spiro atoms. The van der Waals surface area contributed by atoms with E-state index in [0.29, 0.717) is 46.4 Å². The van der Waals surface area contributed by atoms with Gasteiger partial charge in [-0.2, -0.15) is 0 Å². The monoisotopic (exact) mass is 667 g/mol. The summed E-state index contributed by atoms with van der Waals surface area (Å²) < 4.78 is 5.00. The molecule has 8 bridgehead atoms. The summed E-state index contributed by atoms with van der Waals surface area (Å²) in [6, 6.07) is 6.03. The fraction of sp³-hybridized carbons (Fsp3) is 0.293. The molecule has 7 rings (SSSR count). The van der Waals surface area contributed by atoms with Crippen LogP contribution in [0.5, 0.6) is 0 Å². The van der Waals surface area contributed by atoms with Crippen LogP contribution in [0.25, 0.3) is 50.4 Å². The van der Waals surface area contributed by atoms with Crippen molar-refractivity contribution < 1.29 is 19.1 Å². The quantitative estimate of drug-likeness (QED) is 0.148. The third-order valence-electron chi connectivity index (χ3n) is 10.5.